The summed E-state index contributed by atoms with van der Waals surface area (Å²) in [6.45, 7) is 0.226. The van der Waals surface area contributed by atoms with Gasteiger partial charge in [0.25, 0.3) is 0 Å². The van der Waals surface area contributed by atoms with E-state index >= 15 is 0 Å². The summed E-state index contributed by atoms with van der Waals surface area (Å²) in [5.74, 6) is 2.21. The van der Waals surface area contributed by atoms with Crippen molar-refractivity contribution in [1.82, 2.24) is 4.98 Å². The van der Waals surface area contributed by atoms with Crippen molar-refractivity contribution in [1.29, 1.82) is 0 Å². The highest BCUT2D eigenvalue weighted by Gasteiger charge is 2.52. The first-order chi connectivity index (χ1) is 14.2. The minimum absolute atomic E-state index is 0.0282. The average Bonchev–Trinajstić information content (AvgIpc) is 3.22. The zero-order chi connectivity index (χ0) is 19.8. The Kier molecular flexibility index (Phi) is 4.60. The lowest BCUT2D eigenvalue weighted by atomic mass is 9.94. The van der Waals surface area contributed by atoms with E-state index in [1.807, 2.05) is 42.5 Å². The third-order valence-electron chi connectivity index (χ3n) is 5.09. The number of ether oxygens (including phenoxy) is 3. The summed E-state index contributed by atoms with van der Waals surface area (Å²) in [7, 11) is 1.66. The van der Waals surface area contributed by atoms with E-state index in [0.29, 0.717) is 10.9 Å². The predicted octanol–water partition coefficient (Wildman–Crippen LogP) is 4.70. The molecule has 0 saturated heterocycles. The van der Waals surface area contributed by atoms with E-state index in [0.717, 1.165) is 39.0 Å². The molecule has 1 fully saturated rings. The summed E-state index contributed by atoms with van der Waals surface area (Å²) < 4.78 is 17.2. The van der Waals surface area contributed by atoms with Crippen LogP contribution in [0.25, 0.3) is 0 Å². The van der Waals surface area contributed by atoms with Gasteiger partial charge in [-0.05, 0) is 42.7 Å². The number of nitrogens with zero attached hydrogens (tertiary/aromatic N) is 1. The Hall–Kier alpha value is -2.71. The molecular weight excluding hydrogens is 408 g/mol. The van der Waals surface area contributed by atoms with Crippen LogP contribution in [0, 0.1) is 0 Å². The number of para-hydroxylation sites is 1. The van der Waals surface area contributed by atoms with Crippen LogP contribution in [0.15, 0.2) is 57.8 Å². The van der Waals surface area contributed by atoms with Gasteiger partial charge in [-0.25, -0.2) is 4.98 Å². The number of benzene rings is 2. The van der Waals surface area contributed by atoms with Crippen LogP contribution >= 0.6 is 23.1 Å². The Morgan fingerprint density at radius 2 is 2.03 bits per heavy atom. The number of nitrogens with one attached hydrogen (secondary N) is 1. The quantitative estimate of drug-likeness (QED) is 0.616. The lowest BCUT2D eigenvalue weighted by Gasteiger charge is -2.15. The molecule has 148 valence electrons. The summed E-state index contributed by atoms with van der Waals surface area (Å²) in [5.41, 5.74) is 0.446. The Morgan fingerprint density at radius 3 is 2.86 bits per heavy atom. The molecule has 1 N–H and O–H groups in total. The summed E-state index contributed by atoms with van der Waals surface area (Å²) in [6, 6.07) is 13.6. The molecule has 0 unspecified atom stereocenters. The first-order valence-corrected chi connectivity index (χ1v) is 10.8. The van der Waals surface area contributed by atoms with Crippen molar-refractivity contribution in [2.24, 2.45) is 0 Å². The fourth-order valence-corrected chi connectivity index (χ4v) is 5.30. The van der Waals surface area contributed by atoms with E-state index in [2.05, 4.69) is 10.3 Å². The fraction of sp³-hybridized carbons (Fsp3) is 0.238. The first kappa shape index (κ1) is 18.3. The topological polar surface area (TPSA) is 69.7 Å². The van der Waals surface area contributed by atoms with Crippen molar-refractivity contribution in [3.63, 3.8) is 0 Å². The molecule has 1 aliphatic heterocycles. The lowest BCUT2D eigenvalue weighted by molar-refractivity contribution is -0.118. The van der Waals surface area contributed by atoms with Crippen LogP contribution in [0.3, 0.4) is 0 Å². The average molecular weight is 427 g/mol. The van der Waals surface area contributed by atoms with E-state index < -0.39 is 5.41 Å². The molecule has 2 aromatic carbocycles. The molecule has 0 atom stereocenters. The maximum absolute atomic E-state index is 13.0. The number of carbonyl (C=O) groups excluding carboxylic acids is 1. The molecule has 2 heterocycles. The Morgan fingerprint density at radius 1 is 1.21 bits per heavy atom. The summed E-state index contributed by atoms with van der Waals surface area (Å²) in [4.78, 5) is 18.4. The van der Waals surface area contributed by atoms with Crippen LogP contribution < -0.4 is 19.5 Å². The molecule has 0 spiro atoms. The second kappa shape index (κ2) is 7.27. The van der Waals surface area contributed by atoms with Crippen molar-refractivity contribution in [3.05, 3.63) is 54.2 Å². The van der Waals surface area contributed by atoms with Gasteiger partial charge in [-0.1, -0.05) is 41.3 Å². The molecule has 5 rings (SSSR count). The van der Waals surface area contributed by atoms with E-state index in [1.54, 1.807) is 25.1 Å². The second-order valence-corrected chi connectivity index (χ2v) is 9.21. The predicted molar refractivity (Wildman–Crippen MR) is 111 cm³/mol. The zero-order valence-corrected chi connectivity index (χ0v) is 17.3. The molecule has 2 aliphatic rings. The van der Waals surface area contributed by atoms with Crippen LogP contribution in [0.1, 0.15) is 18.4 Å². The van der Waals surface area contributed by atoms with Crippen LogP contribution in [-0.4, -0.2) is 24.8 Å². The Balaban J connectivity index is 1.30. The third-order valence-corrected chi connectivity index (χ3v) is 7.17. The van der Waals surface area contributed by atoms with Gasteiger partial charge >= 0.3 is 0 Å². The summed E-state index contributed by atoms with van der Waals surface area (Å²) in [5, 5.41) is 3.59. The largest absolute Gasteiger partial charge is 0.496 e. The molecule has 1 amide bonds. The molecule has 0 bridgehead atoms. The highest BCUT2D eigenvalue weighted by atomic mass is 32.2. The molecular formula is C21H18N2O4S2. The zero-order valence-electron chi connectivity index (χ0n) is 15.6. The number of anilines is 1. The number of methoxy groups -OCH3 is 1. The van der Waals surface area contributed by atoms with E-state index in [4.69, 9.17) is 14.2 Å². The monoisotopic (exact) mass is 426 g/mol. The van der Waals surface area contributed by atoms with Crippen LogP contribution in [0.5, 0.6) is 17.2 Å². The van der Waals surface area contributed by atoms with E-state index in [-0.39, 0.29) is 12.7 Å². The van der Waals surface area contributed by atoms with Crippen molar-refractivity contribution in [2.45, 2.75) is 27.4 Å². The highest BCUT2D eigenvalue weighted by molar-refractivity contribution is 8.01. The molecule has 1 saturated carbocycles. The SMILES string of the molecule is COc1ccccc1Sc1cnc(NC(=O)C2(c3ccc4c(c3)OCO4)CC2)s1. The van der Waals surface area contributed by atoms with Crippen molar-refractivity contribution in [3.8, 4) is 17.2 Å². The summed E-state index contributed by atoms with van der Waals surface area (Å²) >= 11 is 3.02. The van der Waals surface area contributed by atoms with Crippen molar-refractivity contribution in [2.75, 3.05) is 19.2 Å². The van der Waals surface area contributed by atoms with E-state index in [1.165, 1.54) is 11.3 Å². The third kappa shape index (κ3) is 3.42. The van der Waals surface area contributed by atoms with Gasteiger partial charge in [0.05, 0.1) is 27.8 Å². The minimum Gasteiger partial charge on any atom is -0.496 e. The molecule has 8 heteroatoms. The minimum atomic E-state index is -0.511. The van der Waals surface area contributed by atoms with Crippen LogP contribution in [0.4, 0.5) is 5.13 Å². The standard InChI is InChI=1S/C21H18N2O4S2/c1-25-15-4-2-3-5-17(15)28-18-11-22-20(29-18)23-19(24)21(8-9-21)13-6-7-14-16(10-13)27-12-26-14/h2-7,10-11H,8-9,12H2,1H3,(H,22,23,24). The number of carbonyl (C=O) groups is 1. The molecule has 29 heavy (non-hydrogen) atoms. The smallest absolute Gasteiger partial charge is 0.236 e. The summed E-state index contributed by atoms with van der Waals surface area (Å²) in [6.07, 6.45) is 3.40. The molecule has 3 aromatic rings. The first-order valence-electron chi connectivity index (χ1n) is 9.16. The molecule has 6 nitrogen and oxygen atoms in total. The molecule has 0 radical (unpaired) electrons. The fourth-order valence-electron chi connectivity index (χ4n) is 3.36. The Labute approximate surface area is 176 Å². The second-order valence-electron chi connectivity index (χ2n) is 6.84. The van der Waals surface area contributed by atoms with Crippen LogP contribution in [0.2, 0.25) is 0 Å². The molecule has 1 aromatic heterocycles. The van der Waals surface area contributed by atoms with Gasteiger partial charge in [0, 0.05) is 0 Å². The number of amides is 1. The maximum Gasteiger partial charge on any atom is 0.236 e. The maximum atomic E-state index is 13.0. The van der Waals surface area contributed by atoms with Gasteiger partial charge in [0.2, 0.25) is 12.7 Å². The number of thiazole rings is 1. The number of fused-ring (bicyclic) bond motifs is 1. The highest BCUT2D eigenvalue weighted by Crippen LogP contribution is 2.51. The van der Waals surface area contributed by atoms with Gasteiger partial charge in [0.15, 0.2) is 16.6 Å². The van der Waals surface area contributed by atoms with Gasteiger partial charge in [-0.2, -0.15) is 0 Å². The lowest BCUT2D eigenvalue weighted by Crippen LogP contribution is -2.27. The van der Waals surface area contributed by atoms with Crippen LogP contribution in [-0.2, 0) is 10.2 Å². The van der Waals surface area contributed by atoms with Crippen molar-refractivity contribution < 1.29 is 19.0 Å². The molecule has 1 aliphatic carbocycles. The Bertz CT molecular complexity index is 1080. The number of hydrogen-bond donors (Lipinski definition) is 1. The van der Waals surface area contributed by atoms with Gasteiger partial charge in [-0.15, -0.1) is 0 Å². The van der Waals surface area contributed by atoms with Crippen molar-refractivity contribution >= 4 is 34.1 Å². The number of rotatable bonds is 6. The van der Waals surface area contributed by atoms with E-state index in [9.17, 15) is 4.79 Å². The van der Waals surface area contributed by atoms with Gasteiger partial charge in [0.1, 0.15) is 5.75 Å². The van der Waals surface area contributed by atoms with Gasteiger partial charge < -0.3 is 19.5 Å². The normalized spacial score (nSPS) is 15.8. The van der Waals surface area contributed by atoms with Gasteiger partial charge in [-0.3, -0.25) is 4.79 Å². The number of hydrogen-bond acceptors (Lipinski definition) is 7. The number of aromatic nitrogens is 1.